The number of thiazole rings is 1. The van der Waals surface area contributed by atoms with Gasteiger partial charge in [0.25, 0.3) is 5.91 Å². The number of nitrogens with one attached hydrogen (secondary N) is 1. The Morgan fingerprint density at radius 1 is 1.00 bits per heavy atom. The van der Waals surface area contributed by atoms with Crippen LogP contribution in [-0.4, -0.2) is 10.9 Å². The molecule has 0 aliphatic rings. The van der Waals surface area contributed by atoms with E-state index in [1.807, 2.05) is 11.4 Å². The molecule has 0 aliphatic carbocycles. The highest BCUT2D eigenvalue weighted by molar-refractivity contribution is 7.13. The lowest BCUT2D eigenvalue weighted by Crippen LogP contribution is -2.10. The predicted molar refractivity (Wildman–Crippen MR) is 105 cm³/mol. The number of halogens is 3. The van der Waals surface area contributed by atoms with Crippen LogP contribution in [0.4, 0.5) is 18.9 Å². The maximum absolute atomic E-state index is 12.7. The second kappa shape index (κ2) is 7.56. The summed E-state index contributed by atoms with van der Waals surface area (Å²) in [5.41, 5.74) is 1.93. The number of rotatable bonds is 4. The molecule has 2 aromatic carbocycles. The normalized spacial score (nSPS) is 11.4. The molecule has 4 rings (SSSR count). The minimum Gasteiger partial charge on any atom is -0.459 e. The molecule has 4 aromatic rings. The summed E-state index contributed by atoms with van der Waals surface area (Å²) in [6.07, 6.45) is -2.95. The van der Waals surface area contributed by atoms with Crippen molar-refractivity contribution < 1.29 is 22.4 Å². The Bertz CT molecular complexity index is 1130. The molecule has 2 heterocycles. The number of carbonyl (C=O) groups excluding carboxylic acids is 1. The molecule has 2 aromatic heterocycles. The second-order valence-corrected chi connectivity index (χ2v) is 6.98. The van der Waals surface area contributed by atoms with Gasteiger partial charge in [0.15, 0.2) is 5.76 Å². The highest BCUT2D eigenvalue weighted by Gasteiger charge is 2.30. The molecule has 146 valence electrons. The van der Waals surface area contributed by atoms with Gasteiger partial charge >= 0.3 is 6.18 Å². The fraction of sp³-hybridized carbons (Fsp3) is 0.0476. The fourth-order valence-corrected chi connectivity index (χ4v) is 3.53. The van der Waals surface area contributed by atoms with E-state index >= 15 is 0 Å². The first-order valence-corrected chi connectivity index (χ1v) is 9.36. The fourth-order valence-electron chi connectivity index (χ4n) is 2.70. The standard InChI is InChI=1S/C21H13F3N2O2S/c22-21(23,24)15-8-6-13(7-9-15)20-26-17(12-29-20)14-3-1-4-16(11-14)25-19(27)18-5-2-10-28-18/h1-12H,(H,25,27). The van der Waals surface area contributed by atoms with E-state index in [-0.39, 0.29) is 11.7 Å². The summed E-state index contributed by atoms with van der Waals surface area (Å²) < 4.78 is 43.2. The molecule has 0 unspecified atom stereocenters. The molecule has 0 bridgehead atoms. The Morgan fingerprint density at radius 2 is 1.79 bits per heavy atom. The largest absolute Gasteiger partial charge is 0.459 e. The highest BCUT2D eigenvalue weighted by Crippen LogP contribution is 2.33. The molecule has 1 amide bonds. The van der Waals surface area contributed by atoms with E-state index in [9.17, 15) is 18.0 Å². The van der Waals surface area contributed by atoms with Crippen molar-refractivity contribution in [1.82, 2.24) is 4.98 Å². The number of alkyl halides is 3. The first-order chi connectivity index (χ1) is 13.9. The minimum atomic E-state index is -4.37. The van der Waals surface area contributed by atoms with Gasteiger partial charge in [0.2, 0.25) is 0 Å². The van der Waals surface area contributed by atoms with Gasteiger partial charge < -0.3 is 9.73 Å². The molecule has 1 N–H and O–H groups in total. The topological polar surface area (TPSA) is 55.1 Å². The van der Waals surface area contributed by atoms with Gasteiger partial charge in [-0.15, -0.1) is 11.3 Å². The van der Waals surface area contributed by atoms with Gasteiger partial charge in [-0.05, 0) is 36.4 Å². The lowest BCUT2D eigenvalue weighted by molar-refractivity contribution is -0.137. The Labute approximate surface area is 167 Å². The van der Waals surface area contributed by atoms with Gasteiger partial charge in [0.1, 0.15) is 5.01 Å². The number of anilines is 1. The van der Waals surface area contributed by atoms with Crippen LogP contribution in [0, 0.1) is 0 Å². The first kappa shape index (κ1) is 18.9. The van der Waals surface area contributed by atoms with Gasteiger partial charge in [0.05, 0.1) is 17.5 Å². The van der Waals surface area contributed by atoms with E-state index in [4.69, 9.17) is 4.42 Å². The van der Waals surface area contributed by atoms with Crippen molar-refractivity contribution in [2.75, 3.05) is 5.32 Å². The van der Waals surface area contributed by atoms with Crippen LogP contribution in [0.15, 0.2) is 76.7 Å². The zero-order valence-corrected chi connectivity index (χ0v) is 15.6. The van der Waals surface area contributed by atoms with E-state index < -0.39 is 11.7 Å². The third-order valence-electron chi connectivity index (χ3n) is 4.12. The molecular weight excluding hydrogens is 401 g/mol. The minimum absolute atomic E-state index is 0.202. The molecule has 0 saturated heterocycles. The summed E-state index contributed by atoms with van der Waals surface area (Å²) in [5, 5.41) is 5.18. The van der Waals surface area contributed by atoms with E-state index in [2.05, 4.69) is 10.3 Å². The SMILES string of the molecule is O=C(Nc1cccc(-c2csc(-c3ccc(C(F)(F)F)cc3)n2)c1)c1ccco1. The van der Waals surface area contributed by atoms with Gasteiger partial charge in [-0.2, -0.15) is 13.2 Å². The maximum atomic E-state index is 12.7. The van der Waals surface area contributed by atoms with Crippen LogP contribution in [0.5, 0.6) is 0 Å². The molecule has 0 aliphatic heterocycles. The molecule has 0 atom stereocenters. The average molecular weight is 414 g/mol. The summed E-state index contributed by atoms with van der Waals surface area (Å²) in [7, 11) is 0. The van der Waals surface area contributed by atoms with Gasteiger partial charge in [0, 0.05) is 22.2 Å². The average Bonchev–Trinajstić information content (AvgIpc) is 3.40. The summed E-state index contributed by atoms with van der Waals surface area (Å²) in [4.78, 5) is 16.6. The molecule has 4 nitrogen and oxygen atoms in total. The van der Waals surface area contributed by atoms with Gasteiger partial charge in [-0.1, -0.05) is 24.3 Å². The maximum Gasteiger partial charge on any atom is 0.416 e. The molecular formula is C21H13F3N2O2S. The molecule has 0 fully saturated rings. The summed E-state index contributed by atoms with van der Waals surface area (Å²) in [6, 6.07) is 15.2. The Hall–Kier alpha value is -3.39. The van der Waals surface area contributed by atoms with Crippen molar-refractivity contribution in [3.05, 3.63) is 83.6 Å². The predicted octanol–water partition coefficient (Wildman–Crippen LogP) is 6.34. The van der Waals surface area contributed by atoms with Crippen molar-refractivity contribution in [2.24, 2.45) is 0 Å². The third-order valence-corrected chi connectivity index (χ3v) is 5.02. The van der Waals surface area contributed by atoms with Crippen LogP contribution < -0.4 is 5.32 Å². The molecule has 0 radical (unpaired) electrons. The van der Waals surface area contributed by atoms with Crippen LogP contribution >= 0.6 is 11.3 Å². The quantitative estimate of drug-likeness (QED) is 0.424. The number of carbonyl (C=O) groups is 1. The zero-order valence-electron chi connectivity index (χ0n) is 14.7. The molecule has 29 heavy (non-hydrogen) atoms. The number of amides is 1. The lowest BCUT2D eigenvalue weighted by Gasteiger charge is -2.06. The molecule has 8 heteroatoms. The Kier molecular flexibility index (Phi) is 4.94. The Morgan fingerprint density at radius 3 is 2.48 bits per heavy atom. The van der Waals surface area contributed by atoms with Crippen LogP contribution in [0.2, 0.25) is 0 Å². The monoisotopic (exact) mass is 414 g/mol. The van der Waals surface area contributed by atoms with Crippen molar-refractivity contribution in [3.8, 4) is 21.8 Å². The van der Waals surface area contributed by atoms with Crippen molar-refractivity contribution >= 4 is 22.9 Å². The van der Waals surface area contributed by atoms with E-state index in [1.165, 1.54) is 29.7 Å². The van der Waals surface area contributed by atoms with E-state index in [0.717, 1.165) is 17.7 Å². The third kappa shape index (κ3) is 4.22. The molecule has 0 saturated carbocycles. The number of furan rings is 1. The lowest BCUT2D eigenvalue weighted by atomic mass is 10.1. The number of hydrogen-bond donors (Lipinski definition) is 1. The Balaban J connectivity index is 1.54. The van der Waals surface area contributed by atoms with E-state index in [1.54, 1.807) is 30.3 Å². The number of aromatic nitrogens is 1. The van der Waals surface area contributed by atoms with Crippen molar-refractivity contribution in [2.45, 2.75) is 6.18 Å². The van der Waals surface area contributed by atoms with Crippen LogP contribution in [0.25, 0.3) is 21.8 Å². The van der Waals surface area contributed by atoms with Crippen molar-refractivity contribution in [1.29, 1.82) is 0 Å². The number of hydrogen-bond acceptors (Lipinski definition) is 4. The van der Waals surface area contributed by atoms with Crippen molar-refractivity contribution in [3.63, 3.8) is 0 Å². The second-order valence-electron chi connectivity index (χ2n) is 6.13. The van der Waals surface area contributed by atoms with Crippen LogP contribution in [0.1, 0.15) is 16.1 Å². The van der Waals surface area contributed by atoms with E-state index in [0.29, 0.717) is 22.0 Å². The van der Waals surface area contributed by atoms with Crippen LogP contribution in [0.3, 0.4) is 0 Å². The number of nitrogens with zero attached hydrogens (tertiary/aromatic N) is 1. The highest BCUT2D eigenvalue weighted by atomic mass is 32.1. The first-order valence-electron chi connectivity index (χ1n) is 8.48. The smallest absolute Gasteiger partial charge is 0.416 e. The van der Waals surface area contributed by atoms with Crippen LogP contribution in [-0.2, 0) is 6.18 Å². The zero-order chi connectivity index (χ0) is 20.4. The summed E-state index contributed by atoms with van der Waals surface area (Å²) in [5.74, 6) is -0.162. The molecule has 0 spiro atoms. The summed E-state index contributed by atoms with van der Waals surface area (Å²) >= 11 is 1.33. The number of benzene rings is 2. The van der Waals surface area contributed by atoms with Gasteiger partial charge in [-0.25, -0.2) is 4.98 Å². The van der Waals surface area contributed by atoms with Gasteiger partial charge in [-0.3, -0.25) is 4.79 Å². The summed E-state index contributed by atoms with van der Waals surface area (Å²) in [6.45, 7) is 0.